The van der Waals surface area contributed by atoms with E-state index in [1.807, 2.05) is 0 Å². The van der Waals surface area contributed by atoms with Crippen LogP contribution in [-0.4, -0.2) is 17.4 Å². The maximum Gasteiger partial charge on any atom is 0.573 e. The molecule has 0 saturated carbocycles. The Morgan fingerprint density at radius 2 is 1.77 bits per heavy atom. The van der Waals surface area contributed by atoms with E-state index in [2.05, 4.69) is 10.1 Å². The lowest BCUT2D eigenvalue weighted by Crippen LogP contribution is -2.21. The summed E-state index contributed by atoms with van der Waals surface area (Å²) in [6.45, 7) is 0. The van der Waals surface area contributed by atoms with Crippen LogP contribution >= 0.6 is 0 Å². The normalized spacial score (nSPS) is 12.5. The molecule has 0 aromatic heterocycles. The fourth-order valence-corrected chi connectivity index (χ4v) is 1.77. The largest absolute Gasteiger partial charge is 0.573 e. The van der Waals surface area contributed by atoms with E-state index in [0.29, 0.717) is 5.56 Å². The van der Waals surface area contributed by atoms with E-state index in [9.17, 15) is 23.1 Å². The summed E-state index contributed by atoms with van der Waals surface area (Å²) in [6.07, 6.45) is -6.24. The van der Waals surface area contributed by atoms with E-state index >= 15 is 0 Å². The lowest BCUT2D eigenvalue weighted by molar-refractivity contribution is -0.274. The van der Waals surface area contributed by atoms with Gasteiger partial charge in [0.05, 0.1) is 0 Å². The van der Waals surface area contributed by atoms with Crippen molar-refractivity contribution in [3.05, 3.63) is 60.2 Å². The van der Waals surface area contributed by atoms with Crippen molar-refractivity contribution in [3.8, 4) is 5.75 Å². The van der Waals surface area contributed by atoms with Gasteiger partial charge in [-0.25, -0.2) is 0 Å². The topological polar surface area (TPSA) is 58.6 Å². The zero-order valence-corrected chi connectivity index (χ0v) is 11.2. The first-order chi connectivity index (χ1) is 10.3. The van der Waals surface area contributed by atoms with E-state index in [1.165, 1.54) is 12.1 Å². The maximum atomic E-state index is 12.1. The molecule has 0 aliphatic rings. The van der Waals surface area contributed by atoms with Gasteiger partial charge in [0.15, 0.2) is 6.10 Å². The zero-order chi connectivity index (χ0) is 16.2. The summed E-state index contributed by atoms with van der Waals surface area (Å²) >= 11 is 0. The zero-order valence-electron chi connectivity index (χ0n) is 11.2. The summed E-state index contributed by atoms with van der Waals surface area (Å²) in [5.41, 5.74) is 0.462. The summed E-state index contributed by atoms with van der Waals surface area (Å²) in [5, 5.41) is 12.2. The highest BCUT2D eigenvalue weighted by molar-refractivity contribution is 5.94. The highest BCUT2D eigenvalue weighted by atomic mass is 19.4. The lowest BCUT2D eigenvalue weighted by atomic mass is 10.1. The van der Waals surface area contributed by atoms with E-state index in [1.54, 1.807) is 30.3 Å². The Balaban J connectivity index is 2.07. The molecule has 2 N–H and O–H groups in total. The third kappa shape index (κ3) is 4.49. The number of aliphatic hydroxyl groups is 1. The van der Waals surface area contributed by atoms with Gasteiger partial charge in [-0.1, -0.05) is 36.4 Å². The van der Waals surface area contributed by atoms with Crippen LogP contribution < -0.4 is 10.1 Å². The molecule has 2 rings (SSSR count). The number of alkyl halides is 3. The minimum absolute atomic E-state index is 0.0849. The Bertz CT molecular complexity index is 644. The van der Waals surface area contributed by atoms with Crippen molar-refractivity contribution in [2.45, 2.75) is 12.5 Å². The number of aliphatic hydroxyl groups excluding tert-OH is 1. The number of ether oxygens (including phenoxy) is 1. The second-order valence-electron chi connectivity index (χ2n) is 4.38. The molecule has 0 aliphatic carbocycles. The average molecular weight is 311 g/mol. The highest BCUT2D eigenvalue weighted by Crippen LogP contribution is 2.25. The van der Waals surface area contributed by atoms with E-state index in [-0.39, 0.29) is 5.69 Å². The molecule has 1 unspecified atom stereocenters. The van der Waals surface area contributed by atoms with Crippen molar-refractivity contribution >= 4 is 11.6 Å². The summed E-state index contributed by atoms with van der Waals surface area (Å²) in [6, 6.07) is 13.0. The van der Waals surface area contributed by atoms with Crippen molar-refractivity contribution < 1.29 is 27.8 Å². The second-order valence-corrected chi connectivity index (χ2v) is 4.38. The monoisotopic (exact) mass is 311 g/mol. The predicted molar refractivity (Wildman–Crippen MR) is 73.2 cm³/mol. The number of hydrogen-bond acceptors (Lipinski definition) is 3. The summed E-state index contributed by atoms with van der Waals surface area (Å²) in [4.78, 5) is 11.9. The SMILES string of the molecule is O=C(Nc1cccc(OC(F)(F)F)c1)C(O)c1ccccc1. The number of rotatable bonds is 4. The van der Waals surface area contributed by atoms with Crippen molar-refractivity contribution in [2.24, 2.45) is 0 Å². The Kier molecular flexibility index (Phi) is 4.67. The van der Waals surface area contributed by atoms with Crippen molar-refractivity contribution in [3.63, 3.8) is 0 Å². The van der Waals surface area contributed by atoms with Gasteiger partial charge < -0.3 is 15.2 Å². The van der Waals surface area contributed by atoms with E-state index in [0.717, 1.165) is 12.1 Å². The number of benzene rings is 2. The molecule has 22 heavy (non-hydrogen) atoms. The number of halogens is 3. The number of hydrogen-bond donors (Lipinski definition) is 2. The molecule has 1 atom stereocenters. The van der Waals surface area contributed by atoms with Crippen molar-refractivity contribution in [1.29, 1.82) is 0 Å². The first kappa shape index (κ1) is 15.8. The molecule has 2 aromatic carbocycles. The van der Waals surface area contributed by atoms with E-state index < -0.39 is 24.1 Å². The number of anilines is 1. The highest BCUT2D eigenvalue weighted by Gasteiger charge is 2.31. The Morgan fingerprint density at radius 3 is 2.41 bits per heavy atom. The quantitative estimate of drug-likeness (QED) is 0.911. The standard InChI is InChI=1S/C15H12F3NO3/c16-15(17,18)22-12-8-4-7-11(9-12)19-14(21)13(20)10-5-2-1-3-6-10/h1-9,13,20H,(H,19,21). The van der Waals surface area contributed by atoms with Crippen LogP contribution in [-0.2, 0) is 4.79 Å². The van der Waals surface area contributed by atoms with Crippen molar-refractivity contribution in [2.75, 3.05) is 5.32 Å². The maximum absolute atomic E-state index is 12.1. The van der Waals surface area contributed by atoms with Gasteiger partial charge in [0.1, 0.15) is 5.75 Å². The minimum Gasteiger partial charge on any atom is -0.406 e. The van der Waals surface area contributed by atoms with Crippen LogP contribution in [0.5, 0.6) is 5.75 Å². The number of carbonyl (C=O) groups is 1. The minimum atomic E-state index is -4.81. The molecular formula is C15H12F3NO3. The van der Waals surface area contributed by atoms with Gasteiger partial charge in [-0.2, -0.15) is 0 Å². The summed E-state index contributed by atoms with van der Waals surface area (Å²) in [5.74, 6) is -1.21. The van der Waals surface area contributed by atoms with Gasteiger partial charge in [0.25, 0.3) is 5.91 Å². The van der Waals surface area contributed by atoms with Crippen LogP contribution in [0.2, 0.25) is 0 Å². The fourth-order valence-electron chi connectivity index (χ4n) is 1.77. The molecule has 116 valence electrons. The van der Waals surface area contributed by atoms with Crippen LogP contribution in [0, 0.1) is 0 Å². The molecule has 0 aliphatic heterocycles. The Hall–Kier alpha value is -2.54. The predicted octanol–water partition coefficient (Wildman–Crippen LogP) is 3.26. The molecule has 0 spiro atoms. The molecule has 0 bridgehead atoms. The molecule has 2 aromatic rings. The number of amides is 1. The number of carbonyl (C=O) groups excluding carboxylic acids is 1. The molecule has 0 fully saturated rings. The van der Waals surface area contributed by atoms with Crippen LogP contribution in [0.1, 0.15) is 11.7 Å². The van der Waals surface area contributed by atoms with Gasteiger partial charge in [-0.3, -0.25) is 4.79 Å². The van der Waals surface area contributed by atoms with Crippen LogP contribution in [0.15, 0.2) is 54.6 Å². The summed E-state index contributed by atoms with van der Waals surface area (Å²) < 4.78 is 40.2. The van der Waals surface area contributed by atoms with Crippen molar-refractivity contribution in [1.82, 2.24) is 0 Å². The fraction of sp³-hybridized carbons (Fsp3) is 0.133. The van der Waals surface area contributed by atoms with Gasteiger partial charge in [-0.05, 0) is 17.7 Å². The lowest BCUT2D eigenvalue weighted by Gasteiger charge is -2.13. The molecule has 4 nitrogen and oxygen atoms in total. The van der Waals surface area contributed by atoms with Crippen LogP contribution in [0.4, 0.5) is 18.9 Å². The van der Waals surface area contributed by atoms with E-state index in [4.69, 9.17) is 0 Å². The third-order valence-corrected chi connectivity index (χ3v) is 2.70. The van der Waals surface area contributed by atoms with Crippen LogP contribution in [0.25, 0.3) is 0 Å². The molecule has 0 radical (unpaired) electrons. The molecule has 0 heterocycles. The molecular weight excluding hydrogens is 299 g/mol. The summed E-state index contributed by atoms with van der Waals surface area (Å²) in [7, 11) is 0. The van der Waals surface area contributed by atoms with Gasteiger partial charge in [-0.15, -0.1) is 13.2 Å². The molecule has 1 amide bonds. The Morgan fingerprint density at radius 1 is 1.09 bits per heavy atom. The smallest absolute Gasteiger partial charge is 0.406 e. The first-order valence-corrected chi connectivity index (χ1v) is 6.25. The molecule has 7 heteroatoms. The van der Waals surface area contributed by atoms with Crippen LogP contribution in [0.3, 0.4) is 0 Å². The second kappa shape index (κ2) is 6.48. The number of nitrogens with one attached hydrogen (secondary N) is 1. The third-order valence-electron chi connectivity index (χ3n) is 2.70. The van der Waals surface area contributed by atoms with Gasteiger partial charge >= 0.3 is 6.36 Å². The molecule has 0 saturated heterocycles. The average Bonchev–Trinajstić information content (AvgIpc) is 2.46. The Labute approximate surface area is 124 Å². The first-order valence-electron chi connectivity index (χ1n) is 6.25. The van der Waals surface area contributed by atoms with Gasteiger partial charge in [0.2, 0.25) is 0 Å². The van der Waals surface area contributed by atoms with Gasteiger partial charge in [0, 0.05) is 11.8 Å².